The molecule has 2 rings (SSSR count). The van der Waals surface area contributed by atoms with Crippen molar-refractivity contribution in [3.8, 4) is 6.07 Å². The van der Waals surface area contributed by atoms with E-state index in [2.05, 4.69) is 45.9 Å². The Hall–Kier alpha value is -1.33. The van der Waals surface area contributed by atoms with Crippen molar-refractivity contribution in [3.05, 3.63) is 34.4 Å². The average Bonchev–Trinajstić information content (AvgIpc) is 2.24. The number of hydrogen-bond acceptors (Lipinski definition) is 2. The first-order chi connectivity index (χ1) is 8.55. The Bertz CT molecular complexity index is 471. The Balaban J connectivity index is 2.56. The fourth-order valence-electron chi connectivity index (χ4n) is 3.41. The highest BCUT2D eigenvalue weighted by molar-refractivity contribution is 5.45. The van der Waals surface area contributed by atoms with Gasteiger partial charge >= 0.3 is 0 Å². The fraction of sp³-hybridized carbons (Fsp3) is 0.562. The first-order valence-electron chi connectivity index (χ1n) is 6.61. The molecule has 1 aliphatic heterocycles. The molecular formula is C16H21NO. The van der Waals surface area contributed by atoms with Crippen molar-refractivity contribution in [2.45, 2.75) is 39.5 Å². The summed E-state index contributed by atoms with van der Waals surface area (Å²) in [6, 6.07) is 6.91. The lowest BCUT2D eigenvalue weighted by Crippen LogP contribution is -2.52. The largest absolute Gasteiger partial charge is 0.379 e. The normalized spacial score (nSPS) is 18.8. The molecule has 0 radical (unpaired) electrons. The number of benzene rings is 1. The van der Waals surface area contributed by atoms with E-state index in [9.17, 15) is 5.26 Å². The van der Waals surface area contributed by atoms with Crippen LogP contribution in [0.25, 0.3) is 0 Å². The third kappa shape index (κ3) is 1.83. The molecule has 1 saturated heterocycles. The zero-order chi connectivity index (χ0) is 13.3. The van der Waals surface area contributed by atoms with Gasteiger partial charge in [0.05, 0.1) is 30.6 Å². The van der Waals surface area contributed by atoms with Crippen LogP contribution < -0.4 is 0 Å². The molecule has 2 heteroatoms. The lowest BCUT2D eigenvalue weighted by molar-refractivity contribution is -0.0810. The number of hydrogen-bond donors (Lipinski definition) is 0. The van der Waals surface area contributed by atoms with E-state index in [0.717, 1.165) is 6.42 Å². The second-order valence-electron chi connectivity index (χ2n) is 5.51. The molecule has 1 aromatic carbocycles. The summed E-state index contributed by atoms with van der Waals surface area (Å²) in [5, 5.41) is 9.42. The monoisotopic (exact) mass is 243 g/mol. The van der Waals surface area contributed by atoms with Crippen LogP contribution in [0.1, 0.15) is 35.6 Å². The molecular weight excluding hydrogens is 222 g/mol. The van der Waals surface area contributed by atoms with Crippen LogP contribution in [0.5, 0.6) is 0 Å². The molecule has 0 bridgehead atoms. The molecule has 1 unspecified atom stereocenters. The Kier molecular flexibility index (Phi) is 3.45. The van der Waals surface area contributed by atoms with E-state index in [0.29, 0.717) is 13.2 Å². The standard InChI is InChI=1S/C16H21NO/c1-5-14(8-17)16(9-18-10-16)15-12(3)6-11(2)7-13(15)4/h6-7,14H,5,9-10H2,1-4H3. The highest BCUT2D eigenvalue weighted by Crippen LogP contribution is 2.43. The summed E-state index contributed by atoms with van der Waals surface area (Å²) in [6.07, 6.45) is 0.882. The van der Waals surface area contributed by atoms with Crippen molar-refractivity contribution >= 4 is 0 Å². The first kappa shape index (κ1) is 13.1. The van der Waals surface area contributed by atoms with Crippen LogP contribution >= 0.6 is 0 Å². The van der Waals surface area contributed by atoms with E-state index in [-0.39, 0.29) is 11.3 Å². The lowest BCUT2D eigenvalue weighted by Gasteiger charge is -2.46. The summed E-state index contributed by atoms with van der Waals surface area (Å²) < 4.78 is 5.47. The predicted molar refractivity (Wildman–Crippen MR) is 72.5 cm³/mol. The average molecular weight is 243 g/mol. The number of ether oxygens (including phenoxy) is 1. The van der Waals surface area contributed by atoms with Crippen LogP contribution in [0.3, 0.4) is 0 Å². The summed E-state index contributed by atoms with van der Waals surface area (Å²) in [4.78, 5) is 0. The zero-order valence-corrected chi connectivity index (χ0v) is 11.7. The molecule has 0 spiro atoms. The van der Waals surface area contributed by atoms with Gasteiger partial charge in [0.25, 0.3) is 0 Å². The Morgan fingerprint density at radius 3 is 2.17 bits per heavy atom. The molecule has 18 heavy (non-hydrogen) atoms. The molecule has 1 atom stereocenters. The van der Waals surface area contributed by atoms with Crippen molar-refractivity contribution < 1.29 is 4.74 Å². The van der Waals surface area contributed by atoms with Gasteiger partial charge in [0.1, 0.15) is 0 Å². The topological polar surface area (TPSA) is 33.0 Å². The molecule has 0 saturated carbocycles. The van der Waals surface area contributed by atoms with Crippen LogP contribution in [0.15, 0.2) is 12.1 Å². The van der Waals surface area contributed by atoms with Crippen LogP contribution in [0, 0.1) is 38.0 Å². The molecule has 1 aliphatic rings. The molecule has 0 aliphatic carbocycles. The number of nitrogens with zero attached hydrogens (tertiary/aromatic N) is 1. The Morgan fingerprint density at radius 1 is 1.28 bits per heavy atom. The predicted octanol–water partition coefficient (Wildman–Crippen LogP) is 3.43. The minimum absolute atomic E-state index is 0.0476. The van der Waals surface area contributed by atoms with Gasteiger partial charge in [0, 0.05) is 0 Å². The second-order valence-corrected chi connectivity index (χ2v) is 5.51. The van der Waals surface area contributed by atoms with E-state index < -0.39 is 0 Å². The van der Waals surface area contributed by atoms with E-state index in [1.165, 1.54) is 22.3 Å². The molecule has 2 nitrogen and oxygen atoms in total. The maximum Gasteiger partial charge on any atom is 0.0666 e. The summed E-state index contributed by atoms with van der Waals surface area (Å²) in [6.45, 7) is 9.88. The van der Waals surface area contributed by atoms with Crippen LogP contribution in [0.2, 0.25) is 0 Å². The summed E-state index contributed by atoms with van der Waals surface area (Å²) >= 11 is 0. The third-order valence-corrected chi connectivity index (χ3v) is 4.13. The third-order valence-electron chi connectivity index (χ3n) is 4.13. The van der Waals surface area contributed by atoms with Gasteiger partial charge < -0.3 is 4.74 Å². The van der Waals surface area contributed by atoms with Crippen LogP contribution in [0.4, 0.5) is 0 Å². The number of aryl methyl sites for hydroxylation is 3. The molecule has 0 aromatic heterocycles. The van der Waals surface area contributed by atoms with Gasteiger partial charge in [-0.15, -0.1) is 0 Å². The van der Waals surface area contributed by atoms with E-state index in [1.54, 1.807) is 0 Å². The van der Waals surface area contributed by atoms with Gasteiger partial charge in [-0.25, -0.2) is 0 Å². The minimum Gasteiger partial charge on any atom is -0.379 e. The van der Waals surface area contributed by atoms with Crippen molar-refractivity contribution in [3.63, 3.8) is 0 Å². The SMILES string of the molecule is CCC(C#N)C1(c2c(C)cc(C)cc2C)COC1. The second kappa shape index (κ2) is 4.74. The quantitative estimate of drug-likeness (QED) is 0.814. The van der Waals surface area contributed by atoms with Crippen molar-refractivity contribution in [1.29, 1.82) is 5.26 Å². The van der Waals surface area contributed by atoms with E-state index in [1.807, 2.05) is 0 Å². The number of nitriles is 1. The highest BCUT2D eigenvalue weighted by atomic mass is 16.5. The Labute approximate surface area is 110 Å². The lowest BCUT2D eigenvalue weighted by atomic mass is 9.65. The van der Waals surface area contributed by atoms with Gasteiger partial charge in [0.15, 0.2) is 0 Å². The summed E-state index contributed by atoms with van der Waals surface area (Å²) in [5.41, 5.74) is 5.14. The van der Waals surface area contributed by atoms with Crippen molar-refractivity contribution in [1.82, 2.24) is 0 Å². The molecule has 1 heterocycles. The molecule has 0 N–H and O–H groups in total. The van der Waals surface area contributed by atoms with Gasteiger partial charge in [-0.3, -0.25) is 0 Å². The molecule has 0 amide bonds. The number of rotatable bonds is 3. The molecule has 1 fully saturated rings. The van der Waals surface area contributed by atoms with E-state index in [4.69, 9.17) is 4.74 Å². The fourth-order valence-corrected chi connectivity index (χ4v) is 3.41. The summed E-state index contributed by atoms with van der Waals surface area (Å²) in [7, 11) is 0. The van der Waals surface area contributed by atoms with Gasteiger partial charge in [-0.1, -0.05) is 24.6 Å². The first-order valence-corrected chi connectivity index (χ1v) is 6.61. The van der Waals surface area contributed by atoms with Gasteiger partial charge in [-0.05, 0) is 43.9 Å². The van der Waals surface area contributed by atoms with Crippen molar-refractivity contribution in [2.24, 2.45) is 5.92 Å². The smallest absolute Gasteiger partial charge is 0.0666 e. The Morgan fingerprint density at radius 2 is 1.83 bits per heavy atom. The zero-order valence-electron chi connectivity index (χ0n) is 11.7. The minimum atomic E-state index is -0.0780. The molecule has 96 valence electrons. The maximum absolute atomic E-state index is 9.42. The molecule has 1 aromatic rings. The van der Waals surface area contributed by atoms with Gasteiger partial charge in [-0.2, -0.15) is 5.26 Å². The summed E-state index contributed by atoms with van der Waals surface area (Å²) in [5.74, 6) is 0.0476. The van der Waals surface area contributed by atoms with Crippen molar-refractivity contribution in [2.75, 3.05) is 13.2 Å². The van der Waals surface area contributed by atoms with E-state index >= 15 is 0 Å². The van der Waals surface area contributed by atoms with Crippen LogP contribution in [-0.2, 0) is 10.2 Å². The van der Waals surface area contributed by atoms with Gasteiger partial charge in [0.2, 0.25) is 0 Å². The van der Waals surface area contributed by atoms with Crippen LogP contribution in [-0.4, -0.2) is 13.2 Å². The highest BCUT2D eigenvalue weighted by Gasteiger charge is 2.48. The maximum atomic E-state index is 9.42.